The van der Waals surface area contributed by atoms with E-state index in [2.05, 4.69) is 15.4 Å². The van der Waals surface area contributed by atoms with Crippen molar-refractivity contribution >= 4 is 17.6 Å². The fraction of sp³-hybridized carbons (Fsp3) is 0.238. The van der Waals surface area contributed by atoms with E-state index < -0.39 is 0 Å². The smallest absolute Gasteiger partial charge is 0.308 e. The molecule has 0 radical (unpaired) electrons. The highest BCUT2D eigenvalue weighted by Gasteiger charge is 2.16. The van der Waals surface area contributed by atoms with Crippen LogP contribution in [0.4, 0.5) is 5.69 Å². The standard InChI is InChI=1S/C21H22N4O3/c1-14(21(27)28-3)12-16-4-6-17(7-5-16)24-20(26)19-13-23-25(15(19)2)18-8-10-22-11-9-18/h4-11,13-14H,12H2,1-3H3,(H,24,26)/t14-/m0/s1. The van der Waals surface area contributed by atoms with Gasteiger partial charge in [-0.05, 0) is 43.2 Å². The van der Waals surface area contributed by atoms with E-state index >= 15 is 0 Å². The van der Waals surface area contributed by atoms with Gasteiger partial charge in [-0.15, -0.1) is 0 Å². The zero-order valence-electron chi connectivity index (χ0n) is 16.0. The third-order valence-corrected chi connectivity index (χ3v) is 4.52. The summed E-state index contributed by atoms with van der Waals surface area (Å²) < 4.78 is 6.45. The predicted molar refractivity (Wildman–Crippen MR) is 105 cm³/mol. The van der Waals surface area contributed by atoms with Crippen molar-refractivity contribution in [3.63, 3.8) is 0 Å². The summed E-state index contributed by atoms with van der Waals surface area (Å²) in [4.78, 5) is 28.2. The summed E-state index contributed by atoms with van der Waals surface area (Å²) in [7, 11) is 1.39. The van der Waals surface area contributed by atoms with E-state index in [-0.39, 0.29) is 17.8 Å². The first-order chi connectivity index (χ1) is 13.5. The number of carbonyl (C=O) groups is 2. The molecule has 1 aromatic carbocycles. The number of amides is 1. The van der Waals surface area contributed by atoms with Crippen LogP contribution in [-0.4, -0.2) is 33.8 Å². The van der Waals surface area contributed by atoms with Crippen molar-refractivity contribution < 1.29 is 14.3 Å². The van der Waals surface area contributed by atoms with E-state index in [0.717, 1.165) is 16.9 Å². The minimum atomic E-state index is -0.237. The molecule has 0 aliphatic heterocycles. The number of nitrogens with one attached hydrogen (secondary N) is 1. The summed E-state index contributed by atoms with van der Waals surface area (Å²) in [5.41, 5.74) is 3.76. The Morgan fingerprint density at radius 1 is 1.14 bits per heavy atom. The molecule has 0 unspecified atom stereocenters. The molecule has 0 aliphatic carbocycles. The van der Waals surface area contributed by atoms with E-state index in [1.54, 1.807) is 23.3 Å². The number of carbonyl (C=O) groups excluding carboxylic acids is 2. The molecule has 144 valence electrons. The average molecular weight is 378 g/mol. The lowest BCUT2D eigenvalue weighted by Crippen LogP contribution is -2.15. The van der Waals surface area contributed by atoms with Crippen LogP contribution in [0.3, 0.4) is 0 Å². The molecular weight excluding hydrogens is 356 g/mol. The summed E-state index contributed by atoms with van der Waals surface area (Å²) >= 11 is 0. The van der Waals surface area contributed by atoms with E-state index in [0.29, 0.717) is 17.7 Å². The fourth-order valence-corrected chi connectivity index (χ4v) is 2.94. The molecule has 1 N–H and O–H groups in total. The highest BCUT2D eigenvalue weighted by atomic mass is 16.5. The molecule has 0 bridgehead atoms. The summed E-state index contributed by atoms with van der Waals surface area (Å²) in [6, 6.07) is 11.1. The van der Waals surface area contributed by atoms with Crippen LogP contribution >= 0.6 is 0 Å². The molecule has 0 aliphatic rings. The number of esters is 1. The van der Waals surface area contributed by atoms with Gasteiger partial charge in [0.05, 0.1) is 36.2 Å². The van der Waals surface area contributed by atoms with Crippen molar-refractivity contribution in [2.75, 3.05) is 12.4 Å². The number of ether oxygens (including phenoxy) is 1. The van der Waals surface area contributed by atoms with Crippen LogP contribution in [-0.2, 0) is 16.0 Å². The number of hydrogen-bond acceptors (Lipinski definition) is 5. The van der Waals surface area contributed by atoms with Gasteiger partial charge in [-0.2, -0.15) is 5.10 Å². The van der Waals surface area contributed by atoms with Crippen LogP contribution < -0.4 is 5.32 Å². The molecule has 2 aromatic heterocycles. The maximum absolute atomic E-state index is 12.6. The molecule has 1 atom stereocenters. The molecule has 28 heavy (non-hydrogen) atoms. The van der Waals surface area contributed by atoms with Crippen molar-refractivity contribution in [3.05, 3.63) is 71.8 Å². The lowest BCUT2D eigenvalue weighted by atomic mass is 10.0. The van der Waals surface area contributed by atoms with Crippen LogP contribution in [0.1, 0.15) is 28.5 Å². The maximum atomic E-state index is 12.6. The first-order valence-corrected chi connectivity index (χ1v) is 8.92. The Kier molecular flexibility index (Phi) is 5.84. The molecular formula is C21H22N4O3. The first kappa shape index (κ1) is 19.3. The topological polar surface area (TPSA) is 86.1 Å². The molecule has 2 heterocycles. The molecule has 0 fully saturated rings. The minimum Gasteiger partial charge on any atom is -0.469 e. The van der Waals surface area contributed by atoms with Gasteiger partial charge in [0.2, 0.25) is 0 Å². The molecule has 1 amide bonds. The number of benzene rings is 1. The first-order valence-electron chi connectivity index (χ1n) is 8.92. The number of hydrogen-bond donors (Lipinski definition) is 1. The van der Waals surface area contributed by atoms with E-state index in [1.807, 2.05) is 50.2 Å². The third-order valence-electron chi connectivity index (χ3n) is 4.52. The third kappa shape index (κ3) is 4.25. The number of pyridine rings is 1. The summed E-state index contributed by atoms with van der Waals surface area (Å²) in [6.45, 7) is 3.67. The Bertz CT molecular complexity index is 965. The van der Waals surface area contributed by atoms with Crippen molar-refractivity contribution in [3.8, 4) is 5.69 Å². The van der Waals surface area contributed by atoms with E-state index in [1.165, 1.54) is 7.11 Å². The second-order valence-corrected chi connectivity index (χ2v) is 6.54. The van der Waals surface area contributed by atoms with E-state index in [4.69, 9.17) is 4.74 Å². The Labute approximate surface area is 163 Å². The molecule has 0 saturated carbocycles. The van der Waals surface area contributed by atoms with Gasteiger partial charge in [0, 0.05) is 18.1 Å². The summed E-state index contributed by atoms with van der Waals surface area (Å²) in [5.74, 6) is -0.681. The fourth-order valence-electron chi connectivity index (χ4n) is 2.94. The highest BCUT2D eigenvalue weighted by molar-refractivity contribution is 6.05. The van der Waals surface area contributed by atoms with Crippen molar-refractivity contribution in [2.24, 2.45) is 5.92 Å². The van der Waals surface area contributed by atoms with Gasteiger partial charge in [0.25, 0.3) is 5.91 Å². The van der Waals surface area contributed by atoms with Gasteiger partial charge in [-0.1, -0.05) is 19.1 Å². The van der Waals surface area contributed by atoms with Gasteiger partial charge < -0.3 is 10.1 Å². The molecule has 7 nitrogen and oxygen atoms in total. The number of rotatable bonds is 6. The second kappa shape index (κ2) is 8.47. The SMILES string of the molecule is COC(=O)[C@@H](C)Cc1ccc(NC(=O)c2cnn(-c3ccncc3)c2C)cc1. The lowest BCUT2D eigenvalue weighted by molar-refractivity contribution is -0.144. The van der Waals surface area contributed by atoms with Gasteiger partial charge in [0.1, 0.15) is 0 Å². The zero-order valence-corrected chi connectivity index (χ0v) is 16.0. The lowest BCUT2D eigenvalue weighted by Gasteiger charge is -2.10. The largest absolute Gasteiger partial charge is 0.469 e. The Morgan fingerprint density at radius 2 is 1.82 bits per heavy atom. The zero-order chi connectivity index (χ0) is 20.1. The maximum Gasteiger partial charge on any atom is 0.308 e. The van der Waals surface area contributed by atoms with Crippen LogP contribution in [0, 0.1) is 12.8 Å². The molecule has 0 spiro atoms. The minimum absolute atomic E-state index is 0.216. The molecule has 3 aromatic rings. The average Bonchev–Trinajstić information content (AvgIpc) is 3.11. The predicted octanol–water partition coefficient (Wildman–Crippen LogP) is 3.18. The highest BCUT2D eigenvalue weighted by Crippen LogP contribution is 2.17. The van der Waals surface area contributed by atoms with Gasteiger partial charge in [-0.25, -0.2) is 4.68 Å². The van der Waals surface area contributed by atoms with Crippen molar-refractivity contribution in [2.45, 2.75) is 20.3 Å². The Morgan fingerprint density at radius 3 is 2.46 bits per heavy atom. The molecule has 7 heteroatoms. The molecule has 3 rings (SSSR count). The monoisotopic (exact) mass is 378 g/mol. The number of anilines is 1. The van der Waals surface area contributed by atoms with Crippen molar-refractivity contribution in [1.29, 1.82) is 0 Å². The molecule has 0 saturated heterocycles. The Balaban J connectivity index is 1.68. The normalized spacial score (nSPS) is 11.7. The summed E-state index contributed by atoms with van der Waals surface area (Å²) in [6.07, 6.45) is 5.49. The van der Waals surface area contributed by atoms with E-state index in [9.17, 15) is 9.59 Å². The van der Waals surface area contributed by atoms with Gasteiger partial charge in [-0.3, -0.25) is 14.6 Å². The van der Waals surface area contributed by atoms with Crippen LogP contribution in [0.25, 0.3) is 5.69 Å². The van der Waals surface area contributed by atoms with Crippen molar-refractivity contribution in [1.82, 2.24) is 14.8 Å². The van der Waals surface area contributed by atoms with Crippen LogP contribution in [0.15, 0.2) is 55.0 Å². The van der Waals surface area contributed by atoms with Gasteiger partial charge in [0.15, 0.2) is 0 Å². The number of methoxy groups -OCH3 is 1. The van der Waals surface area contributed by atoms with Crippen LogP contribution in [0.5, 0.6) is 0 Å². The second-order valence-electron chi connectivity index (χ2n) is 6.54. The number of nitrogens with zero attached hydrogens (tertiary/aromatic N) is 3. The van der Waals surface area contributed by atoms with Crippen LogP contribution in [0.2, 0.25) is 0 Å². The quantitative estimate of drug-likeness (QED) is 0.666. The van der Waals surface area contributed by atoms with Gasteiger partial charge >= 0.3 is 5.97 Å². The summed E-state index contributed by atoms with van der Waals surface area (Å²) in [5, 5.41) is 7.19. The Hall–Kier alpha value is -3.48. The number of aromatic nitrogens is 3.